The minimum absolute atomic E-state index is 0.00552. The SMILES string of the molecule is O=[N+]([O-])C1=Cc2cccc(Cl)c2OC1c1ccccc1. The van der Waals surface area contributed by atoms with Crippen molar-refractivity contribution >= 4 is 17.7 Å². The van der Waals surface area contributed by atoms with Crippen LogP contribution in [0.3, 0.4) is 0 Å². The number of benzene rings is 2. The maximum atomic E-state index is 11.3. The third kappa shape index (κ3) is 2.14. The molecule has 0 bridgehead atoms. The van der Waals surface area contributed by atoms with Crippen LogP contribution in [0.2, 0.25) is 5.02 Å². The van der Waals surface area contributed by atoms with Gasteiger partial charge >= 0.3 is 0 Å². The number of nitro groups is 1. The predicted octanol–water partition coefficient (Wildman–Crippen LogP) is 4.09. The average Bonchev–Trinajstić information content (AvgIpc) is 2.47. The van der Waals surface area contributed by atoms with Gasteiger partial charge in [-0.05, 0) is 6.07 Å². The predicted molar refractivity (Wildman–Crippen MR) is 76.2 cm³/mol. The molecule has 2 aromatic carbocycles. The number of hydrogen-bond donors (Lipinski definition) is 0. The summed E-state index contributed by atoms with van der Waals surface area (Å²) in [4.78, 5) is 10.8. The van der Waals surface area contributed by atoms with Crippen LogP contribution in [0.4, 0.5) is 0 Å². The fourth-order valence-corrected chi connectivity index (χ4v) is 2.42. The van der Waals surface area contributed by atoms with Gasteiger partial charge in [0.1, 0.15) is 5.75 Å². The monoisotopic (exact) mass is 287 g/mol. The quantitative estimate of drug-likeness (QED) is 0.617. The first-order valence-electron chi connectivity index (χ1n) is 6.03. The maximum Gasteiger partial charge on any atom is 0.291 e. The van der Waals surface area contributed by atoms with E-state index in [4.69, 9.17) is 16.3 Å². The second kappa shape index (κ2) is 4.98. The molecule has 1 aliphatic heterocycles. The molecule has 1 aliphatic rings. The smallest absolute Gasteiger partial charge is 0.291 e. The average molecular weight is 288 g/mol. The lowest BCUT2D eigenvalue weighted by molar-refractivity contribution is -0.434. The summed E-state index contributed by atoms with van der Waals surface area (Å²) in [6, 6.07) is 14.3. The highest BCUT2D eigenvalue weighted by atomic mass is 35.5. The Balaban J connectivity index is 2.14. The maximum absolute atomic E-state index is 11.3. The first-order valence-corrected chi connectivity index (χ1v) is 6.40. The molecule has 4 nitrogen and oxygen atoms in total. The van der Waals surface area contributed by atoms with Crippen LogP contribution < -0.4 is 4.74 Å². The lowest BCUT2D eigenvalue weighted by atomic mass is 10.0. The minimum Gasteiger partial charge on any atom is -0.472 e. The topological polar surface area (TPSA) is 52.4 Å². The second-order valence-electron chi connectivity index (χ2n) is 4.39. The molecule has 1 heterocycles. The highest BCUT2D eigenvalue weighted by Gasteiger charge is 2.33. The summed E-state index contributed by atoms with van der Waals surface area (Å²) in [5, 5.41) is 11.7. The van der Waals surface area contributed by atoms with E-state index in [0.717, 1.165) is 5.56 Å². The molecule has 5 heteroatoms. The van der Waals surface area contributed by atoms with Crippen molar-refractivity contribution in [2.45, 2.75) is 6.10 Å². The van der Waals surface area contributed by atoms with Gasteiger partial charge in [-0.3, -0.25) is 10.1 Å². The van der Waals surface area contributed by atoms with Crippen molar-refractivity contribution in [2.75, 3.05) is 0 Å². The highest BCUT2D eigenvalue weighted by Crippen LogP contribution is 2.41. The van der Waals surface area contributed by atoms with E-state index in [0.29, 0.717) is 16.3 Å². The third-order valence-corrected chi connectivity index (χ3v) is 3.42. The van der Waals surface area contributed by atoms with Crippen molar-refractivity contribution in [1.29, 1.82) is 0 Å². The lowest BCUT2D eigenvalue weighted by Crippen LogP contribution is -2.19. The van der Waals surface area contributed by atoms with Gasteiger partial charge in [-0.25, -0.2) is 0 Å². The molecule has 0 saturated heterocycles. The number of nitrogens with zero attached hydrogens (tertiary/aromatic N) is 1. The Morgan fingerprint density at radius 3 is 2.55 bits per heavy atom. The Morgan fingerprint density at radius 2 is 1.85 bits per heavy atom. The van der Waals surface area contributed by atoms with Crippen LogP contribution in [0.5, 0.6) is 5.75 Å². The largest absolute Gasteiger partial charge is 0.472 e. The van der Waals surface area contributed by atoms with Gasteiger partial charge in [-0.1, -0.05) is 54.1 Å². The van der Waals surface area contributed by atoms with Gasteiger partial charge in [-0.2, -0.15) is 0 Å². The molecule has 0 saturated carbocycles. The second-order valence-corrected chi connectivity index (χ2v) is 4.80. The van der Waals surface area contributed by atoms with Crippen LogP contribution in [0.25, 0.3) is 6.08 Å². The van der Waals surface area contributed by atoms with E-state index in [1.807, 2.05) is 18.2 Å². The molecule has 0 radical (unpaired) electrons. The number of hydrogen-bond acceptors (Lipinski definition) is 3. The van der Waals surface area contributed by atoms with E-state index in [1.165, 1.54) is 6.08 Å². The molecule has 1 atom stereocenters. The van der Waals surface area contributed by atoms with E-state index < -0.39 is 11.0 Å². The highest BCUT2D eigenvalue weighted by molar-refractivity contribution is 6.32. The van der Waals surface area contributed by atoms with Crippen LogP contribution >= 0.6 is 11.6 Å². The van der Waals surface area contributed by atoms with Crippen LogP contribution in [0, 0.1) is 10.1 Å². The molecule has 0 fully saturated rings. The van der Waals surface area contributed by atoms with E-state index in [9.17, 15) is 10.1 Å². The first kappa shape index (κ1) is 12.7. The van der Waals surface area contributed by atoms with Crippen molar-refractivity contribution in [3.63, 3.8) is 0 Å². The van der Waals surface area contributed by atoms with Crippen molar-refractivity contribution in [3.05, 3.63) is 80.5 Å². The lowest BCUT2D eigenvalue weighted by Gasteiger charge is -2.23. The molecule has 0 aliphatic carbocycles. The van der Waals surface area contributed by atoms with E-state index >= 15 is 0 Å². The van der Waals surface area contributed by atoms with Crippen LogP contribution in [-0.4, -0.2) is 4.92 Å². The zero-order valence-electron chi connectivity index (χ0n) is 10.3. The molecule has 2 aromatic rings. The molecule has 1 unspecified atom stereocenters. The molecule has 0 amide bonds. The normalized spacial score (nSPS) is 16.9. The summed E-state index contributed by atoms with van der Waals surface area (Å²) in [7, 11) is 0. The summed E-state index contributed by atoms with van der Waals surface area (Å²) >= 11 is 6.10. The first-order chi connectivity index (χ1) is 9.66. The third-order valence-electron chi connectivity index (χ3n) is 3.12. The standard InChI is InChI=1S/C15H10ClNO3/c16-12-8-4-7-11-9-13(17(18)19)15(20-14(11)12)10-5-2-1-3-6-10/h1-9,15H. The van der Waals surface area contributed by atoms with Crippen LogP contribution in [0.1, 0.15) is 17.2 Å². The fraction of sp³-hybridized carbons (Fsp3) is 0.0667. The van der Waals surface area contributed by atoms with Gasteiger partial charge in [0.2, 0.25) is 6.10 Å². The van der Waals surface area contributed by atoms with Gasteiger partial charge in [-0.15, -0.1) is 0 Å². The molecule has 0 spiro atoms. The number of rotatable bonds is 2. The zero-order valence-corrected chi connectivity index (χ0v) is 11.1. The van der Waals surface area contributed by atoms with Gasteiger partial charge < -0.3 is 4.74 Å². The summed E-state index contributed by atoms with van der Waals surface area (Å²) < 4.78 is 5.78. The Hall–Kier alpha value is -2.33. The van der Waals surface area contributed by atoms with Crippen molar-refractivity contribution in [2.24, 2.45) is 0 Å². The molecular formula is C15H10ClNO3. The summed E-state index contributed by atoms with van der Waals surface area (Å²) in [5.74, 6) is 0.480. The van der Waals surface area contributed by atoms with Gasteiger partial charge in [0.25, 0.3) is 5.70 Å². The number of para-hydroxylation sites is 1. The molecule has 3 rings (SSSR count). The summed E-state index contributed by atoms with van der Waals surface area (Å²) in [5.41, 5.74) is 1.35. The van der Waals surface area contributed by atoms with Crippen molar-refractivity contribution in [3.8, 4) is 5.75 Å². The van der Waals surface area contributed by atoms with Gasteiger partial charge in [0.15, 0.2) is 0 Å². The fourth-order valence-electron chi connectivity index (χ4n) is 2.19. The Labute approximate surface area is 120 Å². The van der Waals surface area contributed by atoms with E-state index in [-0.39, 0.29) is 5.70 Å². The van der Waals surface area contributed by atoms with Gasteiger partial charge in [0.05, 0.1) is 9.95 Å². The van der Waals surface area contributed by atoms with E-state index in [1.54, 1.807) is 30.3 Å². The summed E-state index contributed by atoms with van der Waals surface area (Å²) in [6.45, 7) is 0. The zero-order chi connectivity index (χ0) is 14.1. The number of ether oxygens (including phenoxy) is 1. The summed E-state index contributed by atoms with van der Waals surface area (Å²) in [6.07, 6.45) is 0.765. The molecular weight excluding hydrogens is 278 g/mol. The van der Waals surface area contributed by atoms with E-state index in [2.05, 4.69) is 0 Å². The number of halogens is 1. The van der Waals surface area contributed by atoms with Gasteiger partial charge in [0, 0.05) is 17.2 Å². The van der Waals surface area contributed by atoms with Crippen molar-refractivity contribution in [1.82, 2.24) is 0 Å². The molecule has 20 heavy (non-hydrogen) atoms. The van der Waals surface area contributed by atoms with Crippen LogP contribution in [0.15, 0.2) is 54.2 Å². The molecule has 0 aromatic heterocycles. The molecule has 0 N–H and O–H groups in total. The Kier molecular flexibility index (Phi) is 3.16. The Morgan fingerprint density at radius 1 is 1.10 bits per heavy atom. The Bertz CT molecular complexity index is 698. The molecule has 100 valence electrons. The van der Waals surface area contributed by atoms with Crippen molar-refractivity contribution < 1.29 is 9.66 Å². The minimum atomic E-state index is -0.751. The number of fused-ring (bicyclic) bond motifs is 1. The van der Waals surface area contributed by atoms with Crippen LogP contribution in [-0.2, 0) is 0 Å².